The molecule has 0 radical (unpaired) electrons. The summed E-state index contributed by atoms with van der Waals surface area (Å²) in [7, 11) is 0. The summed E-state index contributed by atoms with van der Waals surface area (Å²) >= 11 is 0. The van der Waals surface area contributed by atoms with E-state index < -0.39 is 29.4 Å². The fraction of sp³-hybridized carbons (Fsp3) is 0.444. The lowest BCUT2D eigenvalue weighted by atomic mass is 9.81. The van der Waals surface area contributed by atoms with Crippen molar-refractivity contribution in [2.75, 3.05) is 19.8 Å². The van der Waals surface area contributed by atoms with E-state index in [9.17, 15) is 28.1 Å². The Morgan fingerprint density at radius 2 is 1.97 bits per heavy atom. The van der Waals surface area contributed by atoms with Gasteiger partial charge in [0.05, 0.1) is 37.0 Å². The lowest BCUT2D eigenvalue weighted by Crippen LogP contribution is -2.54. The average Bonchev–Trinajstić information content (AvgIpc) is 2.87. The Kier molecular flexibility index (Phi) is 10.8. The Morgan fingerprint density at radius 3 is 2.46 bits per heavy atom. The van der Waals surface area contributed by atoms with Crippen molar-refractivity contribution in [2.45, 2.75) is 57.5 Å². The molecule has 37 heavy (non-hydrogen) atoms. The molecule has 1 fully saturated rings. The number of nitrogens with one attached hydrogen (secondary N) is 1. The zero-order chi connectivity index (χ0) is 27.6. The van der Waals surface area contributed by atoms with Gasteiger partial charge in [0, 0.05) is 17.4 Å². The fourth-order valence-electron chi connectivity index (χ4n) is 4.08. The van der Waals surface area contributed by atoms with E-state index in [-0.39, 0.29) is 24.0 Å². The van der Waals surface area contributed by atoms with Crippen LogP contribution in [0.3, 0.4) is 0 Å². The summed E-state index contributed by atoms with van der Waals surface area (Å²) in [5.74, 6) is -0.359. The number of rotatable bonds is 8. The van der Waals surface area contributed by atoms with Gasteiger partial charge in [0.1, 0.15) is 0 Å². The number of nitrogens with zero attached hydrogens (tertiary/aromatic N) is 1. The molecule has 0 amide bonds. The number of ether oxygens (including phenoxy) is 2. The van der Waals surface area contributed by atoms with Crippen molar-refractivity contribution in [3.8, 4) is 0 Å². The first-order valence-corrected chi connectivity index (χ1v) is 12.0. The largest absolute Gasteiger partial charge is 0.463 e. The van der Waals surface area contributed by atoms with Crippen LogP contribution >= 0.6 is 0 Å². The number of benzene rings is 2. The average molecular weight is 523 g/mol. The van der Waals surface area contributed by atoms with Crippen LogP contribution < -0.4 is 5.32 Å². The number of hydrogen-bond donors (Lipinski definition) is 1. The quantitative estimate of drug-likeness (QED) is 0.205. The third-order valence-electron chi connectivity index (χ3n) is 6.13. The molecule has 202 valence electrons. The smallest absolute Gasteiger partial charge is 0.416 e. The normalized spacial score (nSPS) is 20.2. The molecule has 2 aromatic carbocycles. The van der Waals surface area contributed by atoms with E-state index in [0.717, 1.165) is 23.8 Å². The zero-order valence-electron chi connectivity index (χ0n) is 21.2. The maximum Gasteiger partial charge on any atom is 0.416 e. The molecular formula is C27H33F3N2O5. The van der Waals surface area contributed by atoms with Gasteiger partial charge >= 0.3 is 12.1 Å². The first-order chi connectivity index (χ1) is 17.4. The van der Waals surface area contributed by atoms with Crippen molar-refractivity contribution in [3.63, 3.8) is 0 Å². The minimum absolute atomic E-state index is 0.192. The van der Waals surface area contributed by atoms with Crippen LogP contribution in [0, 0.1) is 17.0 Å². The maximum atomic E-state index is 13.2. The number of nitro groups is 1. The van der Waals surface area contributed by atoms with E-state index in [0.29, 0.717) is 30.6 Å². The molecule has 0 bridgehead atoms. The molecule has 10 heteroatoms. The number of halogens is 3. The van der Waals surface area contributed by atoms with Gasteiger partial charge in [-0.2, -0.15) is 13.2 Å². The van der Waals surface area contributed by atoms with Gasteiger partial charge in [0.2, 0.25) is 6.04 Å². The first-order valence-electron chi connectivity index (χ1n) is 12.0. The molecule has 1 aliphatic rings. The predicted octanol–water partition coefficient (Wildman–Crippen LogP) is 5.75. The second-order valence-corrected chi connectivity index (χ2v) is 8.85. The van der Waals surface area contributed by atoms with Crippen LogP contribution in [0.15, 0.2) is 61.2 Å². The molecule has 1 heterocycles. The number of carbonyl (C=O) groups excluding carboxylic acids is 1. The summed E-state index contributed by atoms with van der Waals surface area (Å²) in [6, 6.07) is 12.8. The number of aryl methyl sites for hydroxylation is 1. The summed E-state index contributed by atoms with van der Waals surface area (Å²) < 4.78 is 50.0. The maximum absolute atomic E-state index is 13.2. The highest BCUT2D eigenvalue weighted by Gasteiger charge is 2.41. The molecule has 7 nitrogen and oxygen atoms in total. The predicted molar refractivity (Wildman–Crippen MR) is 134 cm³/mol. The van der Waals surface area contributed by atoms with E-state index in [1.54, 1.807) is 26.8 Å². The van der Waals surface area contributed by atoms with Gasteiger partial charge in [-0.25, -0.2) is 4.79 Å². The number of esters is 1. The Bertz CT molecular complexity index is 1050. The molecule has 0 saturated carbocycles. The molecule has 2 aromatic rings. The minimum Gasteiger partial charge on any atom is -0.463 e. The highest BCUT2D eigenvalue weighted by Crippen LogP contribution is 2.35. The Balaban J connectivity index is 0.000000604. The monoisotopic (exact) mass is 522 g/mol. The molecular weight excluding hydrogens is 489 g/mol. The van der Waals surface area contributed by atoms with E-state index in [1.807, 2.05) is 30.3 Å². The van der Waals surface area contributed by atoms with Gasteiger partial charge in [-0.1, -0.05) is 48.5 Å². The Morgan fingerprint density at radius 1 is 1.30 bits per heavy atom. The second kappa shape index (κ2) is 13.3. The van der Waals surface area contributed by atoms with Gasteiger partial charge < -0.3 is 9.47 Å². The Labute approximate surface area is 214 Å². The van der Waals surface area contributed by atoms with Crippen LogP contribution in [0.4, 0.5) is 13.2 Å². The molecule has 3 rings (SSSR count). The standard InChI is InChI=1S/C22H25F3N2O3.C5H8O2/c1-15-10-17(12-19(11-15)22(23,24)25)16(2)30-14-21(18-6-4-3-5-7-18)9-8-20(13-26-21)27(28)29;1-3-5(6)7-4-2/h3-7,10-12,16,20,26H,8-9,13-14H2,1-2H3;3H,1,4H2,2H3/t16-,20-,21-;/m1./s1. The van der Waals surface area contributed by atoms with Gasteiger partial charge in [-0.15, -0.1) is 0 Å². The minimum atomic E-state index is -4.42. The molecule has 1 saturated heterocycles. The van der Waals surface area contributed by atoms with E-state index in [1.165, 1.54) is 0 Å². The third kappa shape index (κ3) is 8.68. The van der Waals surface area contributed by atoms with Crippen molar-refractivity contribution in [2.24, 2.45) is 0 Å². The van der Waals surface area contributed by atoms with Crippen LogP contribution in [0.25, 0.3) is 0 Å². The zero-order valence-corrected chi connectivity index (χ0v) is 21.2. The molecule has 0 aliphatic carbocycles. The third-order valence-corrected chi connectivity index (χ3v) is 6.13. The Hall–Kier alpha value is -3.24. The van der Waals surface area contributed by atoms with Crippen molar-refractivity contribution in [1.82, 2.24) is 5.32 Å². The molecule has 1 N–H and O–H groups in total. The first kappa shape index (κ1) is 30.0. The summed E-state index contributed by atoms with van der Waals surface area (Å²) in [5.41, 5.74) is 0.579. The number of alkyl halides is 3. The summed E-state index contributed by atoms with van der Waals surface area (Å²) in [6.45, 7) is 9.12. The van der Waals surface area contributed by atoms with Gasteiger partial charge in [0.15, 0.2) is 0 Å². The van der Waals surface area contributed by atoms with Crippen LogP contribution in [-0.2, 0) is 26.0 Å². The SMILES string of the molecule is C=CC(=O)OCC.Cc1cc([C@@H](C)OC[C@@]2(c3ccccc3)CC[C@@H]([N+](=O)[O-])CN2)cc(C(F)(F)F)c1. The molecule has 0 spiro atoms. The number of hydrogen-bond acceptors (Lipinski definition) is 6. The summed E-state index contributed by atoms with van der Waals surface area (Å²) in [5, 5.41) is 14.4. The van der Waals surface area contributed by atoms with E-state index >= 15 is 0 Å². The lowest BCUT2D eigenvalue weighted by Gasteiger charge is -2.40. The number of carbonyl (C=O) groups is 1. The highest BCUT2D eigenvalue weighted by atomic mass is 19.4. The van der Waals surface area contributed by atoms with E-state index in [2.05, 4.69) is 16.6 Å². The molecule has 1 aliphatic heterocycles. The highest BCUT2D eigenvalue weighted by molar-refractivity contribution is 5.81. The van der Waals surface area contributed by atoms with Crippen molar-refractivity contribution in [1.29, 1.82) is 0 Å². The van der Waals surface area contributed by atoms with Gasteiger partial charge in [-0.05, 0) is 50.5 Å². The van der Waals surface area contributed by atoms with Crippen molar-refractivity contribution in [3.05, 3.63) is 93.6 Å². The lowest BCUT2D eigenvalue weighted by molar-refractivity contribution is -0.524. The summed E-state index contributed by atoms with van der Waals surface area (Å²) in [6.07, 6.45) is -2.95. The van der Waals surface area contributed by atoms with Gasteiger partial charge in [-0.3, -0.25) is 15.4 Å². The van der Waals surface area contributed by atoms with E-state index in [4.69, 9.17) is 4.74 Å². The molecule has 0 unspecified atom stereocenters. The van der Waals surface area contributed by atoms with Gasteiger partial charge in [0.25, 0.3) is 0 Å². The van der Waals surface area contributed by atoms with Crippen LogP contribution in [-0.4, -0.2) is 36.7 Å². The molecule has 0 aromatic heterocycles. The topological polar surface area (TPSA) is 90.7 Å². The second-order valence-electron chi connectivity index (χ2n) is 8.85. The van der Waals surface area contributed by atoms with Crippen LogP contribution in [0.5, 0.6) is 0 Å². The van der Waals surface area contributed by atoms with Crippen molar-refractivity contribution < 1.29 is 32.4 Å². The number of piperidine rings is 1. The van der Waals surface area contributed by atoms with Crippen molar-refractivity contribution >= 4 is 5.97 Å². The van der Waals surface area contributed by atoms with Crippen LogP contribution in [0.1, 0.15) is 55.0 Å². The summed E-state index contributed by atoms with van der Waals surface area (Å²) in [4.78, 5) is 20.9. The molecule has 3 atom stereocenters. The van der Waals surface area contributed by atoms with Crippen LogP contribution in [0.2, 0.25) is 0 Å². The fourth-order valence-corrected chi connectivity index (χ4v) is 4.08.